The number of carboxylic acids is 1. The molecule has 0 bridgehead atoms. The Hall–Kier alpha value is -1.32. The number of hydrogen-bond donors (Lipinski definition) is 2. The van der Waals surface area contributed by atoms with Crippen LogP contribution in [0, 0.1) is 0 Å². The third-order valence-corrected chi connectivity index (χ3v) is 2.27. The van der Waals surface area contributed by atoms with E-state index in [-0.39, 0.29) is 24.0 Å². The summed E-state index contributed by atoms with van der Waals surface area (Å²) in [6.07, 6.45) is 3.52. The Balaban J connectivity index is 0.00000225. The molecule has 4 heteroatoms. The molecular formula is C12H16ClNO2. The zero-order valence-corrected chi connectivity index (χ0v) is 9.74. The minimum atomic E-state index is -0.916. The van der Waals surface area contributed by atoms with Gasteiger partial charge in [-0.05, 0) is 30.5 Å². The van der Waals surface area contributed by atoms with E-state index >= 15 is 0 Å². The van der Waals surface area contributed by atoms with Crippen molar-refractivity contribution in [1.82, 2.24) is 0 Å². The number of rotatable bonds is 5. The Kier molecular flexibility index (Phi) is 6.46. The first-order chi connectivity index (χ1) is 7.15. The maximum atomic E-state index is 10.6. The third-order valence-electron chi connectivity index (χ3n) is 2.27. The molecule has 1 atom stereocenters. The van der Waals surface area contributed by atoms with Gasteiger partial charge in [-0.2, -0.15) is 0 Å². The lowest BCUT2D eigenvalue weighted by Crippen LogP contribution is -2.10. The van der Waals surface area contributed by atoms with Crippen molar-refractivity contribution in [1.29, 1.82) is 0 Å². The average Bonchev–Trinajstić information content (AvgIpc) is 2.26. The van der Waals surface area contributed by atoms with E-state index < -0.39 is 5.97 Å². The van der Waals surface area contributed by atoms with Gasteiger partial charge in [0.25, 0.3) is 0 Å². The second-order valence-corrected chi connectivity index (χ2v) is 3.40. The van der Waals surface area contributed by atoms with E-state index in [1.165, 1.54) is 0 Å². The summed E-state index contributed by atoms with van der Waals surface area (Å²) in [4.78, 5) is 10.6. The molecule has 88 valence electrons. The van der Waals surface area contributed by atoms with Gasteiger partial charge in [0.1, 0.15) is 0 Å². The summed E-state index contributed by atoms with van der Waals surface area (Å²) in [5.41, 5.74) is 7.16. The van der Waals surface area contributed by atoms with Crippen LogP contribution in [0.2, 0.25) is 0 Å². The van der Waals surface area contributed by atoms with Crippen molar-refractivity contribution >= 4 is 18.4 Å². The van der Waals surface area contributed by atoms with Gasteiger partial charge in [0.2, 0.25) is 0 Å². The van der Waals surface area contributed by atoms with E-state index in [0.717, 1.165) is 18.4 Å². The van der Waals surface area contributed by atoms with E-state index in [1.807, 2.05) is 6.08 Å². The Morgan fingerprint density at radius 3 is 2.44 bits per heavy atom. The predicted octanol–water partition coefficient (Wildman–Crippen LogP) is 2.77. The monoisotopic (exact) mass is 241 g/mol. The number of carbonyl (C=O) groups is 1. The van der Waals surface area contributed by atoms with Gasteiger partial charge in [0.05, 0.1) is 5.56 Å². The Labute approximate surface area is 101 Å². The summed E-state index contributed by atoms with van der Waals surface area (Å²) in [5.74, 6) is -0.916. The molecule has 0 saturated carbocycles. The van der Waals surface area contributed by atoms with Crippen molar-refractivity contribution in [2.45, 2.75) is 18.9 Å². The van der Waals surface area contributed by atoms with E-state index in [4.69, 9.17) is 10.8 Å². The van der Waals surface area contributed by atoms with Crippen molar-refractivity contribution in [3.63, 3.8) is 0 Å². The van der Waals surface area contributed by atoms with Crippen molar-refractivity contribution in [2.24, 2.45) is 5.73 Å². The highest BCUT2D eigenvalue weighted by molar-refractivity contribution is 5.87. The number of benzene rings is 1. The standard InChI is InChI=1S/C12H15NO2.ClH/c1-2-3-4-11(13)9-5-7-10(8-6-9)12(14)15;/h2,5-8,11H,1,3-4,13H2,(H,14,15);1H/t11-;/m0./s1. The van der Waals surface area contributed by atoms with Crippen molar-refractivity contribution < 1.29 is 9.90 Å². The van der Waals surface area contributed by atoms with Crippen LogP contribution in [-0.2, 0) is 0 Å². The highest BCUT2D eigenvalue weighted by Crippen LogP contribution is 2.16. The predicted molar refractivity (Wildman–Crippen MR) is 67.0 cm³/mol. The molecular weight excluding hydrogens is 226 g/mol. The molecule has 0 saturated heterocycles. The van der Waals surface area contributed by atoms with E-state index in [1.54, 1.807) is 24.3 Å². The van der Waals surface area contributed by atoms with Crippen molar-refractivity contribution in [3.05, 3.63) is 48.0 Å². The first-order valence-corrected chi connectivity index (χ1v) is 4.85. The fraction of sp³-hybridized carbons (Fsp3) is 0.250. The zero-order valence-electron chi connectivity index (χ0n) is 8.93. The van der Waals surface area contributed by atoms with Gasteiger partial charge >= 0.3 is 5.97 Å². The van der Waals surface area contributed by atoms with Crippen LogP contribution in [0.1, 0.15) is 34.8 Å². The second-order valence-electron chi connectivity index (χ2n) is 3.40. The van der Waals surface area contributed by atoms with Crippen LogP contribution in [0.3, 0.4) is 0 Å². The van der Waals surface area contributed by atoms with Crippen LogP contribution in [-0.4, -0.2) is 11.1 Å². The lowest BCUT2D eigenvalue weighted by Gasteiger charge is -2.10. The summed E-state index contributed by atoms with van der Waals surface area (Å²) in [5, 5.41) is 8.71. The molecule has 0 spiro atoms. The van der Waals surface area contributed by atoms with E-state index in [9.17, 15) is 4.79 Å². The van der Waals surface area contributed by atoms with Crippen LogP contribution in [0.15, 0.2) is 36.9 Å². The smallest absolute Gasteiger partial charge is 0.335 e. The van der Waals surface area contributed by atoms with Gasteiger partial charge in [0, 0.05) is 6.04 Å². The third kappa shape index (κ3) is 4.04. The summed E-state index contributed by atoms with van der Waals surface area (Å²) >= 11 is 0. The molecule has 0 aliphatic rings. The van der Waals surface area contributed by atoms with Crippen molar-refractivity contribution in [3.8, 4) is 0 Å². The Morgan fingerprint density at radius 2 is 2.00 bits per heavy atom. The van der Waals surface area contributed by atoms with Crippen LogP contribution in [0.25, 0.3) is 0 Å². The number of nitrogens with two attached hydrogens (primary N) is 1. The molecule has 3 nitrogen and oxygen atoms in total. The summed E-state index contributed by atoms with van der Waals surface area (Å²) in [6, 6.07) is 6.62. The van der Waals surface area contributed by atoms with E-state index in [0.29, 0.717) is 0 Å². The number of halogens is 1. The molecule has 0 radical (unpaired) electrons. The molecule has 0 aromatic heterocycles. The van der Waals surface area contributed by atoms with Crippen LogP contribution in [0.5, 0.6) is 0 Å². The molecule has 0 amide bonds. The van der Waals surface area contributed by atoms with Gasteiger partial charge in [0.15, 0.2) is 0 Å². The molecule has 3 N–H and O–H groups in total. The SMILES string of the molecule is C=CCC[C@H](N)c1ccc(C(=O)O)cc1.Cl. The van der Waals surface area contributed by atoms with Gasteiger partial charge in [-0.15, -0.1) is 19.0 Å². The molecule has 0 aliphatic carbocycles. The van der Waals surface area contributed by atoms with Gasteiger partial charge < -0.3 is 10.8 Å². The Morgan fingerprint density at radius 1 is 1.44 bits per heavy atom. The average molecular weight is 242 g/mol. The fourth-order valence-electron chi connectivity index (χ4n) is 1.34. The first kappa shape index (κ1) is 14.7. The van der Waals surface area contributed by atoms with Crippen LogP contribution < -0.4 is 5.73 Å². The minimum absolute atomic E-state index is 0. The van der Waals surface area contributed by atoms with Crippen LogP contribution >= 0.6 is 12.4 Å². The molecule has 16 heavy (non-hydrogen) atoms. The Bertz CT molecular complexity index is 349. The fourth-order valence-corrected chi connectivity index (χ4v) is 1.34. The molecule has 0 unspecified atom stereocenters. The minimum Gasteiger partial charge on any atom is -0.478 e. The molecule has 0 aliphatic heterocycles. The topological polar surface area (TPSA) is 63.3 Å². The lowest BCUT2D eigenvalue weighted by molar-refractivity contribution is 0.0697. The normalized spacial score (nSPS) is 11.3. The molecule has 0 heterocycles. The maximum Gasteiger partial charge on any atom is 0.335 e. The van der Waals surface area contributed by atoms with Crippen LogP contribution in [0.4, 0.5) is 0 Å². The maximum absolute atomic E-state index is 10.6. The second kappa shape index (κ2) is 7.04. The van der Waals surface area contributed by atoms with E-state index in [2.05, 4.69) is 6.58 Å². The number of carboxylic acid groups (broad SMARTS) is 1. The summed E-state index contributed by atoms with van der Waals surface area (Å²) in [6.45, 7) is 3.63. The number of hydrogen-bond acceptors (Lipinski definition) is 2. The molecule has 1 aromatic carbocycles. The summed E-state index contributed by atoms with van der Waals surface area (Å²) in [7, 11) is 0. The molecule has 1 rings (SSSR count). The zero-order chi connectivity index (χ0) is 11.3. The molecule has 0 fully saturated rings. The lowest BCUT2D eigenvalue weighted by atomic mass is 10.0. The quantitative estimate of drug-likeness (QED) is 0.780. The highest BCUT2D eigenvalue weighted by Gasteiger charge is 2.06. The number of aromatic carboxylic acids is 1. The number of allylic oxidation sites excluding steroid dienone is 1. The van der Waals surface area contributed by atoms with Gasteiger partial charge in [-0.1, -0.05) is 18.2 Å². The highest BCUT2D eigenvalue weighted by atomic mass is 35.5. The van der Waals surface area contributed by atoms with Gasteiger partial charge in [-0.3, -0.25) is 0 Å². The largest absolute Gasteiger partial charge is 0.478 e. The summed E-state index contributed by atoms with van der Waals surface area (Å²) < 4.78 is 0. The first-order valence-electron chi connectivity index (χ1n) is 4.85. The molecule has 1 aromatic rings. The van der Waals surface area contributed by atoms with Crippen molar-refractivity contribution in [2.75, 3.05) is 0 Å². The van der Waals surface area contributed by atoms with Gasteiger partial charge in [-0.25, -0.2) is 4.79 Å².